The van der Waals surface area contributed by atoms with Gasteiger partial charge >= 0.3 is 0 Å². The van der Waals surface area contributed by atoms with Crippen LogP contribution in [0.2, 0.25) is 0 Å². The summed E-state index contributed by atoms with van der Waals surface area (Å²) in [7, 11) is 0. The van der Waals surface area contributed by atoms with Gasteiger partial charge in [0.15, 0.2) is 5.96 Å². The first-order chi connectivity index (χ1) is 13.1. The van der Waals surface area contributed by atoms with Gasteiger partial charge in [0, 0.05) is 42.2 Å². The van der Waals surface area contributed by atoms with Gasteiger partial charge in [0.2, 0.25) is 0 Å². The van der Waals surface area contributed by atoms with E-state index in [2.05, 4.69) is 70.9 Å². The molecule has 0 spiro atoms. The van der Waals surface area contributed by atoms with Crippen molar-refractivity contribution in [1.82, 2.24) is 15.6 Å². The van der Waals surface area contributed by atoms with Crippen molar-refractivity contribution >= 4 is 47.1 Å². The lowest BCUT2D eigenvalue weighted by Gasteiger charge is -2.34. The maximum Gasteiger partial charge on any atom is 0.191 e. The van der Waals surface area contributed by atoms with E-state index in [1.54, 1.807) is 0 Å². The Bertz CT molecular complexity index is 710. The van der Waals surface area contributed by atoms with Crippen molar-refractivity contribution in [3.05, 3.63) is 46.8 Å². The van der Waals surface area contributed by atoms with Crippen molar-refractivity contribution in [2.24, 2.45) is 4.99 Å². The lowest BCUT2D eigenvalue weighted by molar-refractivity contribution is 0.458. The van der Waals surface area contributed by atoms with Crippen LogP contribution in [0.3, 0.4) is 0 Å². The monoisotopic (exact) mass is 513 g/mol. The topological polar surface area (TPSA) is 52.6 Å². The summed E-state index contributed by atoms with van der Waals surface area (Å²) in [6.45, 7) is 10.3. The Kier molecular flexibility index (Phi) is 9.01. The molecule has 1 aliphatic rings. The molecule has 0 atom stereocenters. The lowest BCUT2D eigenvalue weighted by atomic mass is 9.92. The van der Waals surface area contributed by atoms with Crippen molar-refractivity contribution in [1.29, 1.82) is 0 Å². The third-order valence-corrected chi connectivity index (χ3v) is 6.21. The first-order valence-corrected chi connectivity index (χ1v) is 10.7. The van der Waals surface area contributed by atoms with E-state index in [9.17, 15) is 0 Å². The van der Waals surface area contributed by atoms with Gasteiger partial charge in [-0.1, -0.05) is 26.0 Å². The number of guanidine groups is 1. The summed E-state index contributed by atoms with van der Waals surface area (Å²) in [5.41, 5.74) is 0.0544. The minimum Gasteiger partial charge on any atom is -0.357 e. The number of anilines is 1. The molecule has 7 heteroatoms. The van der Waals surface area contributed by atoms with Crippen LogP contribution < -0.4 is 15.5 Å². The predicted molar refractivity (Wildman–Crippen MR) is 131 cm³/mol. The highest BCUT2D eigenvalue weighted by Gasteiger charge is 2.23. The molecule has 3 heterocycles. The molecule has 1 aliphatic heterocycles. The van der Waals surface area contributed by atoms with Crippen molar-refractivity contribution in [2.75, 3.05) is 31.1 Å². The van der Waals surface area contributed by atoms with Crippen LogP contribution in [0.15, 0.2) is 46.9 Å². The Balaban J connectivity index is 0.00000280. The molecule has 2 aromatic heterocycles. The molecule has 0 amide bonds. The van der Waals surface area contributed by atoms with E-state index in [0.717, 1.165) is 50.8 Å². The summed E-state index contributed by atoms with van der Waals surface area (Å²) < 4.78 is 0. The van der Waals surface area contributed by atoms with E-state index in [0.29, 0.717) is 6.04 Å². The Morgan fingerprint density at radius 2 is 2.04 bits per heavy atom. The fraction of sp³-hybridized carbons (Fsp3) is 0.524. The number of hydrogen-bond acceptors (Lipinski definition) is 4. The zero-order valence-corrected chi connectivity index (χ0v) is 20.2. The number of halogens is 1. The smallest absolute Gasteiger partial charge is 0.191 e. The molecule has 0 saturated carbocycles. The highest BCUT2D eigenvalue weighted by atomic mass is 127. The summed E-state index contributed by atoms with van der Waals surface area (Å²) in [6, 6.07) is 10.9. The number of aromatic nitrogens is 1. The standard InChI is InChI=1S/C21H31N5S.HI/c1-4-22-20(24-16-21(2,3)18-8-7-15-27-18)25-17-10-13-26(14-11-17)19-9-5-6-12-23-19;/h5-9,12,15,17H,4,10-11,13-14,16H2,1-3H3,(H2,22,24,25);1H. The summed E-state index contributed by atoms with van der Waals surface area (Å²) >= 11 is 1.81. The van der Waals surface area contributed by atoms with Crippen LogP contribution in [0, 0.1) is 0 Å². The first-order valence-electron chi connectivity index (χ1n) is 9.83. The van der Waals surface area contributed by atoms with Gasteiger partial charge in [0.1, 0.15) is 5.82 Å². The van der Waals surface area contributed by atoms with Gasteiger partial charge in [-0.15, -0.1) is 35.3 Å². The minimum atomic E-state index is 0. The molecule has 0 radical (unpaired) electrons. The van der Waals surface area contributed by atoms with Crippen LogP contribution in [0.5, 0.6) is 0 Å². The molecule has 1 saturated heterocycles. The average Bonchev–Trinajstić information content (AvgIpc) is 3.24. The van der Waals surface area contributed by atoms with E-state index in [1.807, 2.05) is 23.6 Å². The number of piperidine rings is 1. The summed E-state index contributed by atoms with van der Waals surface area (Å²) in [4.78, 5) is 13.1. The van der Waals surface area contributed by atoms with E-state index < -0.39 is 0 Å². The van der Waals surface area contributed by atoms with Crippen LogP contribution in [0.4, 0.5) is 5.82 Å². The fourth-order valence-electron chi connectivity index (χ4n) is 3.33. The van der Waals surface area contributed by atoms with Crippen LogP contribution in [0.1, 0.15) is 38.5 Å². The van der Waals surface area contributed by atoms with Crippen LogP contribution in [0.25, 0.3) is 0 Å². The molecule has 5 nitrogen and oxygen atoms in total. The Morgan fingerprint density at radius 1 is 1.25 bits per heavy atom. The lowest BCUT2D eigenvalue weighted by Crippen LogP contribution is -2.49. The van der Waals surface area contributed by atoms with Crippen molar-refractivity contribution in [3.63, 3.8) is 0 Å². The number of aliphatic imine (C=N–C) groups is 1. The largest absolute Gasteiger partial charge is 0.357 e. The van der Waals surface area contributed by atoms with Gasteiger partial charge in [-0.05, 0) is 43.3 Å². The first kappa shape index (κ1) is 22.9. The van der Waals surface area contributed by atoms with Crippen molar-refractivity contribution < 1.29 is 0 Å². The zero-order valence-electron chi connectivity index (χ0n) is 17.0. The Labute approximate surface area is 190 Å². The van der Waals surface area contributed by atoms with Crippen molar-refractivity contribution in [3.8, 4) is 0 Å². The second-order valence-electron chi connectivity index (χ2n) is 7.65. The van der Waals surface area contributed by atoms with Gasteiger partial charge in [-0.3, -0.25) is 4.99 Å². The van der Waals surface area contributed by atoms with Gasteiger partial charge in [-0.25, -0.2) is 4.98 Å². The van der Waals surface area contributed by atoms with Gasteiger partial charge in [-0.2, -0.15) is 0 Å². The molecule has 0 aliphatic carbocycles. The van der Waals surface area contributed by atoms with Crippen LogP contribution in [-0.2, 0) is 5.41 Å². The number of hydrogen-bond donors (Lipinski definition) is 2. The molecule has 28 heavy (non-hydrogen) atoms. The summed E-state index contributed by atoms with van der Waals surface area (Å²) in [6.07, 6.45) is 4.05. The Hall–Kier alpha value is -1.35. The molecule has 0 aromatic carbocycles. The molecule has 3 rings (SSSR count). The molecule has 2 N–H and O–H groups in total. The predicted octanol–water partition coefficient (Wildman–Crippen LogP) is 4.26. The zero-order chi connectivity index (χ0) is 19.1. The second kappa shape index (κ2) is 11.0. The highest BCUT2D eigenvalue weighted by molar-refractivity contribution is 14.0. The van der Waals surface area contributed by atoms with E-state index >= 15 is 0 Å². The number of nitrogens with zero attached hydrogens (tertiary/aromatic N) is 3. The van der Waals surface area contributed by atoms with E-state index in [-0.39, 0.29) is 29.4 Å². The summed E-state index contributed by atoms with van der Waals surface area (Å²) in [5.74, 6) is 2.01. The molecule has 0 bridgehead atoms. The van der Waals surface area contributed by atoms with Gasteiger partial charge in [0.25, 0.3) is 0 Å². The SMILES string of the molecule is CCNC(=NCC(C)(C)c1cccs1)NC1CCN(c2ccccn2)CC1.I. The molecule has 1 fully saturated rings. The Morgan fingerprint density at radius 3 is 2.64 bits per heavy atom. The molecular weight excluding hydrogens is 481 g/mol. The minimum absolute atomic E-state index is 0. The maximum absolute atomic E-state index is 4.89. The van der Waals surface area contributed by atoms with Gasteiger partial charge < -0.3 is 15.5 Å². The van der Waals surface area contributed by atoms with Crippen molar-refractivity contribution in [2.45, 2.75) is 45.1 Å². The second-order valence-corrected chi connectivity index (χ2v) is 8.60. The van der Waals surface area contributed by atoms with E-state index in [4.69, 9.17) is 4.99 Å². The highest BCUT2D eigenvalue weighted by Crippen LogP contribution is 2.27. The number of rotatable bonds is 6. The van der Waals surface area contributed by atoms with Crippen LogP contribution in [-0.4, -0.2) is 43.2 Å². The fourth-order valence-corrected chi connectivity index (χ4v) is 4.17. The van der Waals surface area contributed by atoms with Gasteiger partial charge in [0.05, 0.1) is 6.54 Å². The number of pyridine rings is 1. The third-order valence-electron chi connectivity index (χ3n) is 4.97. The molecule has 2 aromatic rings. The van der Waals surface area contributed by atoms with Crippen LogP contribution >= 0.6 is 35.3 Å². The quantitative estimate of drug-likeness (QED) is 0.345. The molecule has 154 valence electrons. The third kappa shape index (κ3) is 6.34. The average molecular weight is 513 g/mol. The maximum atomic E-state index is 4.89. The normalized spacial score (nSPS) is 15.8. The number of nitrogens with one attached hydrogen (secondary N) is 2. The molecular formula is C21H32IN5S. The summed E-state index contributed by atoms with van der Waals surface area (Å²) in [5, 5.41) is 9.19. The van der Waals surface area contributed by atoms with E-state index in [1.165, 1.54) is 4.88 Å². The number of thiophene rings is 1. The molecule has 0 unspecified atom stereocenters.